The Morgan fingerprint density at radius 1 is 1.21 bits per heavy atom. The average molecular weight is 356 g/mol. The first-order valence-electron chi connectivity index (χ1n) is 7.83. The van der Waals surface area contributed by atoms with Crippen LogP contribution in [0.5, 0.6) is 0 Å². The van der Waals surface area contributed by atoms with Crippen molar-refractivity contribution in [3.05, 3.63) is 70.7 Å². The van der Waals surface area contributed by atoms with Crippen molar-refractivity contribution in [3.8, 4) is 6.07 Å². The number of hydrogen-bond donors (Lipinski definition) is 1. The lowest BCUT2D eigenvalue weighted by molar-refractivity contribution is 0.233. The molecule has 1 aliphatic rings. The molecule has 2 aromatic carbocycles. The average Bonchev–Trinajstić information content (AvgIpc) is 2.62. The summed E-state index contributed by atoms with van der Waals surface area (Å²) in [6.45, 7) is 1.31. The molecule has 122 valence electrons. The fourth-order valence-corrected chi connectivity index (χ4v) is 3.81. The molecule has 3 rings (SSSR count). The molecule has 5 heteroatoms. The maximum atomic E-state index is 10.1. The lowest BCUT2D eigenvalue weighted by atomic mass is 9.64. The topological polar surface area (TPSA) is 53.0 Å². The molecule has 1 heterocycles. The minimum atomic E-state index is -0.601. The summed E-state index contributed by atoms with van der Waals surface area (Å²) >= 11 is 11.2. The van der Waals surface area contributed by atoms with Crippen LogP contribution >= 0.6 is 23.8 Å². The maximum absolute atomic E-state index is 10.1. The molecule has 0 aliphatic carbocycles. The van der Waals surface area contributed by atoms with E-state index in [4.69, 9.17) is 29.6 Å². The molecule has 0 aromatic heterocycles. The minimum Gasteiger partial charge on any atom is -0.376 e. The number of nitrogens with two attached hydrogens (primary N) is 1. The van der Waals surface area contributed by atoms with Crippen LogP contribution in [0, 0.1) is 11.3 Å². The highest BCUT2D eigenvalue weighted by atomic mass is 35.5. The molecule has 2 atom stereocenters. The Labute approximate surface area is 152 Å². The van der Waals surface area contributed by atoms with Gasteiger partial charge in [0.1, 0.15) is 0 Å². The van der Waals surface area contributed by atoms with Crippen LogP contribution in [0.1, 0.15) is 23.5 Å². The second-order valence-electron chi connectivity index (χ2n) is 6.09. The first kappa shape index (κ1) is 16.8. The van der Waals surface area contributed by atoms with E-state index in [1.165, 1.54) is 0 Å². The van der Waals surface area contributed by atoms with Gasteiger partial charge in [0.2, 0.25) is 0 Å². The number of thiocarbonyl (C=S) groups is 1. The van der Waals surface area contributed by atoms with Gasteiger partial charge in [0.05, 0.1) is 11.5 Å². The van der Waals surface area contributed by atoms with Crippen molar-refractivity contribution in [3.63, 3.8) is 0 Å². The van der Waals surface area contributed by atoms with E-state index < -0.39 is 5.41 Å². The van der Waals surface area contributed by atoms with E-state index >= 15 is 0 Å². The molecule has 2 aromatic rings. The second kappa shape index (κ2) is 6.80. The summed E-state index contributed by atoms with van der Waals surface area (Å²) in [7, 11) is 0. The van der Waals surface area contributed by atoms with Crippen molar-refractivity contribution in [2.45, 2.75) is 17.8 Å². The quantitative estimate of drug-likeness (QED) is 0.832. The second-order valence-corrected chi connectivity index (χ2v) is 6.94. The first-order valence-corrected chi connectivity index (χ1v) is 8.62. The molecule has 1 fully saturated rings. The number of nitrogens with zero attached hydrogens (tertiary/aromatic N) is 2. The molecule has 2 unspecified atom stereocenters. The van der Waals surface area contributed by atoms with Gasteiger partial charge in [0, 0.05) is 24.0 Å². The molecule has 1 saturated heterocycles. The van der Waals surface area contributed by atoms with E-state index in [1.54, 1.807) is 0 Å². The molecule has 24 heavy (non-hydrogen) atoms. The van der Waals surface area contributed by atoms with Crippen LogP contribution in [-0.2, 0) is 5.41 Å². The van der Waals surface area contributed by atoms with Gasteiger partial charge in [-0.15, -0.1) is 0 Å². The Kier molecular flexibility index (Phi) is 4.75. The van der Waals surface area contributed by atoms with Gasteiger partial charge in [0.15, 0.2) is 5.11 Å². The SMILES string of the molecule is N#CC1(c2ccccc2)CCN(C(N)=S)CC1c1ccc(Cl)cc1. The van der Waals surface area contributed by atoms with E-state index in [0.717, 1.165) is 11.1 Å². The van der Waals surface area contributed by atoms with Crippen LogP contribution in [0.25, 0.3) is 0 Å². The summed E-state index contributed by atoms with van der Waals surface area (Å²) in [6, 6.07) is 20.3. The van der Waals surface area contributed by atoms with Crippen molar-refractivity contribution in [1.29, 1.82) is 5.26 Å². The van der Waals surface area contributed by atoms with Crippen molar-refractivity contribution in [2.24, 2.45) is 5.73 Å². The number of likely N-dealkylation sites (tertiary alicyclic amines) is 1. The van der Waals surface area contributed by atoms with Gasteiger partial charge < -0.3 is 10.6 Å². The predicted octanol–water partition coefficient (Wildman–Crippen LogP) is 3.83. The van der Waals surface area contributed by atoms with Crippen molar-refractivity contribution >= 4 is 28.9 Å². The molecule has 0 saturated carbocycles. The summed E-state index contributed by atoms with van der Waals surface area (Å²) in [5.74, 6) is -0.0302. The molecular weight excluding hydrogens is 338 g/mol. The van der Waals surface area contributed by atoms with Crippen molar-refractivity contribution in [1.82, 2.24) is 4.90 Å². The number of benzene rings is 2. The third-order valence-electron chi connectivity index (χ3n) is 4.85. The van der Waals surface area contributed by atoms with Gasteiger partial charge in [-0.1, -0.05) is 54.1 Å². The number of hydrogen-bond acceptors (Lipinski definition) is 2. The number of nitriles is 1. The summed E-state index contributed by atoms with van der Waals surface area (Å²) < 4.78 is 0. The van der Waals surface area contributed by atoms with Gasteiger partial charge in [-0.05, 0) is 41.9 Å². The zero-order chi connectivity index (χ0) is 17.2. The predicted molar refractivity (Wildman–Crippen MR) is 101 cm³/mol. The monoisotopic (exact) mass is 355 g/mol. The molecule has 0 radical (unpaired) electrons. The Morgan fingerprint density at radius 2 is 1.88 bits per heavy atom. The van der Waals surface area contributed by atoms with E-state index in [2.05, 4.69) is 6.07 Å². The van der Waals surface area contributed by atoms with Crippen molar-refractivity contribution < 1.29 is 0 Å². The third kappa shape index (κ3) is 2.98. The molecule has 0 bridgehead atoms. The Hall–Kier alpha value is -2.09. The van der Waals surface area contributed by atoms with Crippen LogP contribution in [-0.4, -0.2) is 23.1 Å². The number of rotatable bonds is 2. The Balaban J connectivity index is 2.10. The number of halogens is 1. The minimum absolute atomic E-state index is 0.0302. The Morgan fingerprint density at radius 3 is 2.46 bits per heavy atom. The van der Waals surface area contributed by atoms with Crippen LogP contribution in [0.2, 0.25) is 5.02 Å². The smallest absolute Gasteiger partial charge is 0.166 e. The fourth-order valence-electron chi connectivity index (χ4n) is 3.52. The molecule has 0 amide bonds. The maximum Gasteiger partial charge on any atom is 0.166 e. The lowest BCUT2D eigenvalue weighted by Gasteiger charge is -2.44. The third-order valence-corrected chi connectivity index (χ3v) is 5.36. The highest BCUT2D eigenvalue weighted by Crippen LogP contribution is 2.45. The van der Waals surface area contributed by atoms with Gasteiger partial charge in [-0.3, -0.25) is 0 Å². The zero-order valence-corrected chi connectivity index (χ0v) is 14.7. The molecule has 0 spiro atoms. The van der Waals surface area contributed by atoms with E-state index in [1.807, 2.05) is 59.5 Å². The summed E-state index contributed by atoms with van der Waals surface area (Å²) in [6.07, 6.45) is 0.679. The molecule has 1 aliphatic heterocycles. The lowest BCUT2D eigenvalue weighted by Crippen LogP contribution is -2.51. The van der Waals surface area contributed by atoms with E-state index in [9.17, 15) is 5.26 Å². The Bertz CT molecular complexity index is 769. The highest BCUT2D eigenvalue weighted by molar-refractivity contribution is 7.80. The van der Waals surface area contributed by atoms with Gasteiger partial charge in [0.25, 0.3) is 0 Å². The fraction of sp³-hybridized carbons (Fsp3) is 0.263. The standard InChI is InChI=1S/C19H18ClN3S/c20-16-8-6-14(7-9-16)17-12-23(18(22)24)11-10-19(17,13-21)15-4-2-1-3-5-15/h1-9,17H,10-12H2,(H2,22,24). The molecule has 3 nitrogen and oxygen atoms in total. The van der Waals surface area contributed by atoms with Gasteiger partial charge >= 0.3 is 0 Å². The first-order chi connectivity index (χ1) is 11.6. The van der Waals surface area contributed by atoms with Crippen LogP contribution < -0.4 is 5.73 Å². The number of piperidine rings is 1. The molecule has 2 N–H and O–H groups in total. The van der Waals surface area contributed by atoms with E-state index in [0.29, 0.717) is 29.6 Å². The van der Waals surface area contributed by atoms with Crippen LogP contribution in [0.4, 0.5) is 0 Å². The van der Waals surface area contributed by atoms with E-state index in [-0.39, 0.29) is 5.92 Å². The van der Waals surface area contributed by atoms with Gasteiger partial charge in [-0.25, -0.2) is 0 Å². The molecular formula is C19H18ClN3S. The summed E-state index contributed by atoms with van der Waals surface area (Å²) in [5, 5.41) is 11.2. The van der Waals surface area contributed by atoms with Gasteiger partial charge in [-0.2, -0.15) is 5.26 Å². The van der Waals surface area contributed by atoms with Crippen molar-refractivity contribution in [2.75, 3.05) is 13.1 Å². The highest BCUT2D eigenvalue weighted by Gasteiger charge is 2.45. The summed E-state index contributed by atoms with van der Waals surface area (Å²) in [5.41, 5.74) is 7.36. The normalized spacial score (nSPS) is 23.5. The summed E-state index contributed by atoms with van der Waals surface area (Å²) in [4.78, 5) is 1.98. The van der Waals surface area contributed by atoms with Crippen LogP contribution in [0.15, 0.2) is 54.6 Å². The largest absolute Gasteiger partial charge is 0.376 e. The van der Waals surface area contributed by atoms with Crippen LogP contribution in [0.3, 0.4) is 0 Å². The zero-order valence-electron chi connectivity index (χ0n) is 13.2.